The first-order valence-corrected chi connectivity index (χ1v) is 6.24. The molecular weight excluding hydrogens is 218 g/mol. The van der Waals surface area contributed by atoms with Crippen LogP contribution in [-0.2, 0) is 4.74 Å². The number of amidine groups is 1. The summed E-state index contributed by atoms with van der Waals surface area (Å²) in [6.07, 6.45) is 2.96. The van der Waals surface area contributed by atoms with Gasteiger partial charge in [-0.25, -0.2) is 0 Å². The number of nitrogens with two attached hydrogens (primary N) is 1. The summed E-state index contributed by atoms with van der Waals surface area (Å²) < 4.78 is 5.62. The van der Waals surface area contributed by atoms with Crippen LogP contribution >= 0.6 is 0 Å². The summed E-state index contributed by atoms with van der Waals surface area (Å²) >= 11 is 0. The van der Waals surface area contributed by atoms with Crippen molar-refractivity contribution in [1.82, 2.24) is 5.32 Å². The summed E-state index contributed by atoms with van der Waals surface area (Å²) in [7, 11) is 0. The summed E-state index contributed by atoms with van der Waals surface area (Å²) in [5, 5.41) is 15.0. The highest BCUT2D eigenvalue weighted by atomic mass is 16.5. The second kappa shape index (κ2) is 5.69. The van der Waals surface area contributed by atoms with E-state index in [-0.39, 0.29) is 11.0 Å². The summed E-state index contributed by atoms with van der Waals surface area (Å²) in [4.78, 5) is 0. The Morgan fingerprint density at radius 3 is 2.65 bits per heavy atom. The fourth-order valence-corrected chi connectivity index (χ4v) is 2.08. The van der Waals surface area contributed by atoms with E-state index in [9.17, 15) is 0 Å². The molecule has 17 heavy (non-hydrogen) atoms. The predicted octanol–water partition coefficient (Wildman–Crippen LogP) is 1.31. The third kappa shape index (κ3) is 4.91. The average molecular weight is 243 g/mol. The second-order valence-electron chi connectivity index (χ2n) is 5.56. The molecule has 0 aromatic carbocycles. The van der Waals surface area contributed by atoms with Crippen molar-refractivity contribution >= 4 is 5.84 Å². The zero-order valence-electron chi connectivity index (χ0n) is 11.1. The van der Waals surface area contributed by atoms with Crippen molar-refractivity contribution in [1.29, 1.82) is 0 Å². The number of nitrogens with one attached hydrogen (secondary N) is 1. The number of hydrogen-bond acceptors (Lipinski definition) is 4. The number of nitrogens with zero attached hydrogens (tertiary/aromatic N) is 1. The minimum absolute atomic E-state index is 0.137. The van der Waals surface area contributed by atoms with E-state index in [0.717, 1.165) is 32.5 Å². The molecule has 0 aromatic heterocycles. The van der Waals surface area contributed by atoms with Crippen molar-refractivity contribution in [2.75, 3.05) is 19.7 Å². The maximum Gasteiger partial charge on any atom is 0.139 e. The number of hydrogen-bond donors (Lipinski definition) is 3. The van der Waals surface area contributed by atoms with Crippen molar-refractivity contribution < 1.29 is 9.94 Å². The fraction of sp³-hybridized carbons (Fsp3) is 0.917. The number of rotatable bonds is 8. The largest absolute Gasteiger partial charge is 0.409 e. The molecule has 0 unspecified atom stereocenters. The Hall–Kier alpha value is -0.810. The van der Waals surface area contributed by atoms with E-state index in [4.69, 9.17) is 15.7 Å². The molecule has 5 nitrogen and oxygen atoms in total. The van der Waals surface area contributed by atoms with Gasteiger partial charge in [0.1, 0.15) is 5.84 Å². The SMILES string of the molecule is CCOC(C)(C)CNCC1(CC(N)=NO)CC1. The van der Waals surface area contributed by atoms with Crippen molar-refractivity contribution in [2.45, 2.75) is 45.6 Å². The van der Waals surface area contributed by atoms with Crippen LogP contribution in [-0.4, -0.2) is 36.3 Å². The average Bonchev–Trinajstić information content (AvgIpc) is 2.97. The third-order valence-corrected chi connectivity index (χ3v) is 3.23. The molecule has 0 spiro atoms. The first-order chi connectivity index (χ1) is 7.93. The molecule has 4 N–H and O–H groups in total. The van der Waals surface area contributed by atoms with Gasteiger partial charge in [0.15, 0.2) is 0 Å². The Balaban J connectivity index is 2.27. The van der Waals surface area contributed by atoms with Gasteiger partial charge >= 0.3 is 0 Å². The van der Waals surface area contributed by atoms with Gasteiger partial charge in [0.2, 0.25) is 0 Å². The maximum atomic E-state index is 8.57. The Morgan fingerprint density at radius 1 is 1.53 bits per heavy atom. The molecule has 1 fully saturated rings. The lowest BCUT2D eigenvalue weighted by Crippen LogP contribution is -2.40. The van der Waals surface area contributed by atoms with E-state index in [1.54, 1.807) is 0 Å². The van der Waals surface area contributed by atoms with Crippen molar-refractivity contribution in [3.8, 4) is 0 Å². The summed E-state index contributed by atoms with van der Waals surface area (Å²) in [6.45, 7) is 8.60. The van der Waals surface area contributed by atoms with Gasteiger partial charge in [0.25, 0.3) is 0 Å². The van der Waals surface area contributed by atoms with E-state index < -0.39 is 0 Å². The molecule has 0 aliphatic heterocycles. The van der Waals surface area contributed by atoms with Gasteiger partial charge in [-0.1, -0.05) is 5.16 Å². The molecule has 0 atom stereocenters. The van der Waals surface area contributed by atoms with Gasteiger partial charge in [-0.2, -0.15) is 0 Å². The molecule has 0 amide bonds. The lowest BCUT2D eigenvalue weighted by atomic mass is 10.0. The lowest BCUT2D eigenvalue weighted by molar-refractivity contribution is -0.00936. The Morgan fingerprint density at radius 2 is 2.18 bits per heavy atom. The molecular formula is C12H25N3O2. The topological polar surface area (TPSA) is 79.9 Å². The van der Waals surface area contributed by atoms with Gasteiger partial charge in [0, 0.05) is 26.1 Å². The molecule has 0 radical (unpaired) electrons. The molecule has 0 bridgehead atoms. The second-order valence-corrected chi connectivity index (χ2v) is 5.56. The van der Waals surface area contributed by atoms with Crippen LogP contribution in [0.4, 0.5) is 0 Å². The highest BCUT2D eigenvalue weighted by Gasteiger charge is 2.43. The Kier molecular flexibility index (Phi) is 4.77. The number of oxime groups is 1. The van der Waals surface area contributed by atoms with Gasteiger partial charge < -0.3 is 21.0 Å². The van der Waals surface area contributed by atoms with Crippen LogP contribution in [0.15, 0.2) is 5.16 Å². The van der Waals surface area contributed by atoms with Crippen molar-refractivity contribution in [2.24, 2.45) is 16.3 Å². The van der Waals surface area contributed by atoms with Crippen LogP contribution in [0.1, 0.15) is 40.0 Å². The lowest BCUT2D eigenvalue weighted by Gasteiger charge is -2.26. The predicted molar refractivity (Wildman–Crippen MR) is 68.3 cm³/mol. The first kappa shape index (κ1) is 14.3. The van der Waals surface area contributed by atoms with Crippen LogP contribution in [0.3, 0.4) is 0 Å². The molecule has 0 aromatic rings. The number of ether oxygens (including phenoxy) is 1. The van der Waals surface area contributed by atoms with Gasteiger partial charge in [-0.05, 0) is 39.0 Å². The van der Waals surface area contributed by atoms with Crippen LogP contribution in [0.2, 0.25) is 0 Å². The van der Waals surface area contributed by atoms with E-state index in [0.29, 0.717) is 12.3 Å². The monoisotopic (exact) mass is 243 g/mol. The van der Waals surface area contributed by atoms with Crippen LogP contribution in [0.25, 0.3) is 0 Å². The van der Waals surface area contributed by atoms with E-state index in [1.807, 2.05) is 6.92 Å². The van der Waals surface area contributed by atoms with Crippen LogP contribution < -0.4 is 11.1 Å². The minimum atomic E-state index is -0.137. The van der Waals surface area contributed by atoms with E-state index in [1.165, 1.54) is 0 Å². The highest BCUT2D eigenvalue weighted by Crippen LogP contribution is 2.48. The minimum Gasteiger partial charge on any atom is -0.409 e. The molecule has 100 valence electrons. The van der Waals surface area contributed by atoms with E-state index in [2.05, 4.69) is 24.3 Å². The zero-order valence-corrected chi connectivity index (χ0v) is 11.1. The first-order valence-electron chi connectivity index (χ1n) is 6.24. The zero-order chi connectivity index (χ0) is 12.9. The fourth-order valence-electron chi connectivity index (χ4n) is 2.08. The molecule has 1 saturated carbocycles. The third-order valence-electron chi connectivity index (χ3n) is 3.23. The maximum absolute atomic E-state index is 8.57. The molecule has 0 saturated heterocycles. The molecule has 5 heteroatoms. The van der Waals surface area contributed by atoms with Crippen molar-refractivity contribution in [3.63, 3.8) is 0 Å². The normalized spacial score (nSPS) is 19.4. The molecule has 1 rings (SSSR count). The van der Waals surface area contributed by atoms with Gasteiger partial charge in [-0.3, -0.25) is 0 Å². The highest BCUT2D eigenvalue weighted by molar-refractivity contribution is 5.80. The van der Waals surface area contributed by atoms with Crippen molar-refractivity contribution in [3.05, 3.63) is 0 Å². The van der Waals surface area contributed by atoms with Gasteiger partial charge in [-0.15, -0.1) is 0 Å². The van der Waals surface area contributed by atoms with Gasteiger partial charge in [0.05, 0.1) is 5.60 Å². The standard InChI is InChI=1S/C12H25N3O2/c1-4-17-11(2,3)8-14-9-12(5-6-12)7-10(13)15-16/h14,16H,4-9H2,1-3H3,(H2,13,15). The van der Waals surface area contributed by atoms with Crippen LogP contribution in [0, 0.1) is 5.41 Å². The smallest absolute Gasteiger partial charge is 0.139 e. The van der Waals surface area contributed by atoms with E-state index >= 15 is 0 Å². The van der Waals surface area contributed by atoms with Crippen LogP contribution in [0.5, 0.6) is 0 Å². The molecule has 1 aliphatic carbocycles. The summed E-state index contributed by atoms with van der Waals surface area (Å²) in [6, 6.07) is 0. The molecule has 0 heterocycles. The summed E-state index contributed by atoms with van der Waals surface area (Å²) in [5.74, 6) is 0.327. The Labute approximate surface area is 103 Å². The summed E-state index contributed by atoms with van der Waals surface area (Å²) in [5.41, 5.74) is 5.62. The quantitative estimate of drug-likeness (QED) is 0.260. The Bertz CT molecular complexity index is 273. The molecule has 1 aliphatic rings.